The quantitative estimate of drug-likeness (QED) is 0.150. The Kier molecular flexibility index (Phi) is 8.05. The van der Waals surface area contributed by atoms with Gasteiger partial charge < -0.3 is 10.1 Å². The number of nitro groups is 1. The molecule has 0 radical (unpaired) electrons. The van der Waals surface area contributed by atoms with Crippen molar-refractivity contribution >= 4 is 61.9 Å². The highest BCUT2D eigenvalue weighted by atomic mass is 35.5. The summed E-state index contributed by atoms with van der Waals surface area (Å²) in [5, 5.41) is 15.0. The predicted octanol–water partition coefficient (Wildman–Crippen LogP) is 5.65. The normalized spacial score (nSPS) is 11.8. The third kappa shape index (κ3) is 6.17. The SMILES string of the molecule is O=C(OC(C(=O)Nc1ccc([N+](=O)[O-])cc1Cl)c1ccccc1)c1ccccc1NS(=O)(=O)c1cccs1. The zero-order valence-electron chi connectivity index (χ0n) is 19.2. The first-order chi connectivity index (χ1) is 18.2. The van der Waals surface area contributed by atoms with Gasteiger partial charge in [0.1, 0.15) is 4.21 Å². The van der Waals surface area contributed by atoms with Gasteiger partial charge in [-0.2, -0.15) is 0 Å². The third-order valence-corrected chi connectivity index (χ3v) is 8.21. The molecule has 3 aromatic carbocycles. The maximum Gasteiger partial charge on any atom is 0.341 e. The Labute approximate surface area is 226 Å². The Bertz CT molecular complexity index is 1590. The van der Waals surface area contributed by atoms with Crippen LogP contribution in [0.3, 0.4) is 0 Å². The van der Waals surface area contributed by atoms with Crippen LogP contribution in [-0.4, -0.2) is 25.2 Å². The van der Waals surface area contributed by atoms with E-state index in [-0.39, 0.29) is 31.9 Å². The highest BCUT2D eigenvalue weighted by Gasteiger charge is 2.28. The Morgan fingerprint density at radius 1 is 0.947 bits per heavy atom. The van der Waals surface area contributed by atoms with Crippen molar-refractivity contribution in [3.63, 3.8) is 0 Å². The number of non-ortho nitro benzene ring substituents is 1. The van der Waals surface area contributed by atoms with E-state index in [1.165, 1.54) is 36.4 Å². The molecule has 4 rings (SSSR count). The number of nitrogens with one attached hydrogen (secondary N) is 2. The molecule has 1 amide bonds. The van der Waals surface area contributed by atoms with Gasteiger partial charge in [0.25, 0.3) is 21.6 Å². The second-order valence-corrected chi connectivity index (χ2v) is 11.0. The number of nitrogens with zero attached hydrogens (tertiary/aromatic N) is 1. The molecular formula is C25H18ClN3O7S2. The first kappa shape index (κ1) is 26.8. The molecule has 1 aromatic heterocycles. The van der Waals surface area contributed by atoms with Crippen LogP contribution in [0.2, 0.25) is 5.02 Å². The molecule has 194 valence electrons. The molecule has 1 atom stereocenters. The lowest BCUT2D eigenvalue weighted by atomic mass is 10.1. The number of rotatable bonds is 9. The lowest BCUT2D eigenvalue weighted by molar-refractivity contribution is -0.384. The van der Waals surface area contributed by atoms with Gasteiger partial charge >= 0.3 is 5.97 Å². The van der Waals surface area contributed by atoms with Gasteiger partial charge in [-0.1, -0.05) is 60.1 Å². The van der Waals surface area contributed by atoms with E-state index in [9.17, 15) is 28.1 Å². The van der Waals surface area contributed by atoms with Crippen molar-refractivity contribution in [1.82, 2.24) is 0 Å². The van der Waals surface area contributed by atoms with E-state index in [1.807, 2.05) is 0 Å². The summed E-state index contributed by atoms with van der Waals surface area (Å²) in [6.07, 6.45) is -1.46. The van der Waals surface area contributed by atoms with E-state index in [4.69, 9.17) is 16.3 Å². The summed E-state index contributed by atoms with van der Waals surface area (Å²) in [6, 6.07) is 20.5. The summed E-state index contributed by atoms with van der Waals surface area (Å²) in [5.41, 5.74) is -0.0108. The first-order valence-electron chi connectivity index (χ1n) is 10.8. The molecular weight excluding hydrogens is 554 g/mol. The number of sulfonamides is 1. The van der Waals surface area contributed by atoms with Crippen molar-refractivity contribution in [2.24, 2.45) is 0 Å². The molecule has 0 aliphatic carbocycles. The van der Waals surface area contributed by atoms with Crippen molar-refractivity contribution in [3.05, 3.63) is 117 Å². The lowest BCUT2D eigenvalue weighted by Gasteiger charge is -2.19. The van der Waals surface area contributed by atoms with Crippen LogP contribution in [0.15, 0.2) is 94.5 Å². The largest absolute Gasteiger partial charge is 0.444 e. The van der Waals surface area contributed by atoms with E-state index < -0.39 is 32.9 Å². The highest BCUT2D eigenvalue weighted by Crippen LogP contribution is 2.30. The van der Waals surface area contributed by atoms with Gasteiger partial charge in [0, 0.05) is 17.7 Å². The van der Waals surface area contributed by atoms with Gasteiger partial charge in [-0.25, -0.2) is 13.2 Å². The van der Waals surface area contributed by atoms with Crippen LogP contribution in [0.25, 0.3) is 0 Å². The van der Waals surface area contributed by atoms with Crippen molar-refractivity contribution in [3.8, 4) is 0 Å². The number of esters is 1. The minimum Gasteiger partial charge on any atom is -0.444 e. The molecule has 1 unspecified atom stereocenters. The minimum absolute atomic E-state index is 0.0310. The van der Waals surface area contributed by atoms with Crippen LogP contribution in [0.1, 0.15) is 22.0 Å². The molecule has 0 bridgehead atoms. The number of nitro benzene ring substituents is 1. The van der Waals surface area contributed by atoms with Crippen LogP contribution in [-0.2, 0) is 19.6 Å². The van der Waals surface area contributed by atoms with Crippen LogP contribution in [0, 0.1) is 10.1 Å². The Balaban J connectivity index is 1.61. The summed E-state index contributed by atoms with van der Waals surface area (Å²) < 4.78 is 33.4. The fourth-order valence-electron chi connectivity index (χ4n) is 3.35. The zero-order chi connectivity index (χ0) is 27.3. The molecule has 0 fully saturated rings. The number of halogens is 1. The van der Waals surface area contributed by atoms with Gasteiger partial charge in [-0.3, -0.25) is 19.6 Å². The number of hydrogen-bond donors (Lipinski definition) is 2. The second-order valence-electron chi connectivity index (χ2n) is 7.69. The molecule has 13 heteroatoms. The zero-order valence-corrected chi connectivity index (χ0v) is 21.6. The number of benzene rings is 3. The van der Waals surface area contributed by atoms with Crippen LogP contribution < -0.4 is 10.0 Å². The topological polar surface area (TPSA) is 145 Å². The number of amides is 1. The standard InChI is InChI=1S/C25H18ClN3O7S2/c26-19-15-17(29(32)33)12-13-21(19)27-24(30)23(16-7-2-1-3-8-16)36-25(31)18-9-4-5-10-20(18)28-38(34,35)22-11-6-14-37-22/h1-15,23,28H,(H,27,30). The molecule has 4 aromatic rings. The van der Waals surface area contributed by atoms with Crippen molar-refractivity contribution in [2.75, 3.05) is 10.0 Å². The monoisotopic (exact) mass is 571 g/mol. The van der Waals surface area contributed by atoms with Crippen LogP contribution >= 0.6 is 22.9 Å². The molecule has 0 spiro atoms. The molecule has 0 aliphatic rings. The molecule has 0 saturated carbocycles. The van der Waals surface area contributed by atoms with Gasteiger partial charge in [-0.05, 0) is 29.6 Å². The van der Waals surface area contributed by atoms with E-state index in [0.29, 0.717) is 5.56 Å². The van der Waals surface area contributed by atoms with Crippen molar-refractivity contribution < 1.29 is 27.7 Å². The number of para-hydroxylation sites is 1. The van der Waals surface area contributed by atoms with Crippen molar-refractivity contribution in [2.45, 2.75) is 10.3 Å². The van der Waals surface area contributed by atoms with E-state index in [0.717, 1.165) is 17.4 Å². The molecule has 0 saturated heterocycles. The molecule has 10 nitrogen and oxygen atoms in total. The van der Waals surface area contributed by atoms with E-state index in [1.54, 1.807) is 47.8 Å². The predicted molar refractivity (Wildman–Crippen MR) is 143 cm³/mol. The van der Waals surface area contributed by atoms with Crippen molar-refractivity contribution in [1.29, 1.82) is 0 Å². The van der Waals surface area contributed by atoms with Gasteiger partial charge in [0.05, 0.1) is 26.9 Å². The number of hydrogen-bond acceptors (Lipinski definition) is 8. The summed E-state index contributed by atoms with van der Waals surface area (Å²) in [6.45, 7) is 0. The summed E-state index contributed by atoms with van der Waals surface area (Å²) in [5.74, 6) is -1.75. The number of carbonyl (C=O) groups excluding carboxylic acids is 2. The fraction of sp³-hybridized carbons (Fsp3) is 0.0400. The Morgan fingerprint density at radius 3 is 2.32 bits per heavy atom. The summed E-state index contributed by atoms with van der Waals surface area (Å²) in [7, 11) is -3.96. The second kappa shape index (κ2) is 11.4. The summed E-state index contributed by atoms with van der Waals surface area (Å²) in [4.78, 5) is 36.8. The third-order valence-electron chi connectivity index (χ3n) is 5.14. The first-order valence-corrected chi connectivity index (χ1v) is 13.6. The fourth-order valence-corrected chi connectivity index (χ4v) is 5.64. The maximum atomic E-state index is 13.2. The number of ether oxygens (including phenoxy) is 1. The van der Waals surface area contributed by atoms with Gasteiger partial charge in [0.15, 0.2) is 0 Å². The van der Waals surface area contributed by atoms with E-state index >= 15 is 0 Å². The van der Waals surface area contributed by atoms with Crippen LogP contribution in [0.5, 0.6) is 0 Å². The molecule has 0 aliphatic heterocycles. The number of thiophene rings is 1. The molecule has 1 heterocycles. The Morgan fingerprint density at radius 2 is 1.66 bits per heavy atom. The average Bonchev–Trinajstić information content (AvgIpc) is 3.45. The molecule has 2 N–H and O–H groups in total. The number of carbonyl (C=O) groups is 2. The van der Waals surface area contributed by atoms with Gasteiger partial charge in [-0.15, -0.1) is 11.3 Å². The highest BCUT2D eigenvalue weighted by molar-refractivity contribution is 7.94. The Hall–Kier alpha value is -4.26. The number of anilines is 2. The van der Waals surface area contributed by atoms with Crippen LogP contribution in [0.4, 0.5) is 17.1 Å². The molecule has 38 heavy (non-hydrogen) atoms. The van der Waals surface area contributed by atoms with E-state index in [2.05, 4.69) is 10.0 Å². The minimum atomic E-state index is -3.96. The average molecular weight is 572 g/mol. The summed E-state index contributed by atoms with van der Waals surface area (Å²) >= 11 is 7.12. The smallest absolute Gasteiger partial charge is 0.341 e. The lowest BCUT2D eigenvalue weighted by Crippen LogP contribution is -2.26. The maximum absolute atomic E-state index is 13.2. The van der Waals surface area contributed by atoms with Gasteiger partial charge in [0.2, 0.25) is 6.10 Å².